The lowest BCUT2D eigenvalue weighted by molar-refractivity contribution is -0.335. The van der Waals surface area contributed by atoms with E-state index in [0.717, 1.165) is 34.1 Å². The van der Waals surface area contributed by atoms with Crippen LogP contribution in [0.4, 0.5) is 0 Å². The van der Waals surface area contributed by atoms with Gasteiger partial charge in [0.2, 0.25) is 0 Å². The molecule has 2 rings (SSSR count). The van der Waals surface area contributed by atoms with Gasteiger partial charge in [-0.05, 0) is 10.3 Å². The third-order valence-corrected chi connectivity index (χ3v) is 4.45. The molecule has 0 aromatic carbocycles. The van der Waals surface area contributed by atoms with E-state index >= 15 is 0 Å². The molecule has 14 nitrogen and oxygen atoms in total. The highest BCUT2D eigenvalue weighted by Crippen LogP contribution is 2.13. The first kappa shape index (κ1) is 25.9. The first-order valence-electron chi connectivity index (χ1n) is 10.2. The van der Waals surface area contributed by atoms with Crippen molar-refractivity contribution in [1.29, 1.82) is 0 Å². The van der Waals surface area contributed by atoms with Crippen molar-refractivity contribution in [3.63, 3.8) is 0 Å². The van der Waals surface area contributed by atoms with Gasteiger partial charge < -0.3 is 9.68 Å². The van der Waals surface area contributed by atoms with Crippen LogP contribution in [-0.2, 0) is 48.0 Å². The van der Waals surface area contributed by atoms with Crippen LogP contribution in [-0.4, -0.2) is 80.6 Å². The monoisotopic (exact) mass is 478 g/mol. The molecule has 0 unspecified atom stereocenters. The van der Waals surface area contributed by atoms with E-state index in [1.54, 1.807) is 0 Å². The number of hydroxylamine groups is 2. The van der Waals surface area contributed by atoms with Gasteiger partial charge in [-0.2, -0.15) is 0 Å². The van der Waals surface area contributed by atoms with Crippen LogP contribution in [0.1, 0.15) is 39.5 Å². The number of hydrogen-bond donors (Lipinski definition) is 0. The maximum absolute atomic E-state index is 12.8. The predicted molar refractivity (Wildman–Crippen MR) is 107 cm³/mol. The van der Waals surface area contributed by atoms with E-state index in [-0.39, 0.29) is 23.2 Å². The zero-order valence-electron chi connectivity index (χ0n) is 18.4. The summed E-state index contributed by atoms with van der Waals surface area (Å²) in [5, 5.41) is 0.234. The minimum Gasteiger partial charge on any atom is -0.315 e. The van der Waals surface area contributed by atoms with Crippen molar-refractivity contribution in [2.45, 2.75) is 39.5 Å². The highest BCUT2D eigenvalue weighted by molar-refractivity contribution is 6.13. The molecule has 2 heterocycles. The topological polar surface area (TPSA) is 168 Å². The fourth-order valence-electron chi connectivity index (χ4n) is 2.61. The molecule has 2 aliphatic rings. The molecule has 0 atom stereocenters. The Hall–Kier alpha value is -4.36. The van der Waals surface area contributed by atoms with Crippen molar-refractivity contribution in [3.8, 4) is 0 Å². The number of carbonyl (C=O) groups excluding carboxylic acids is 8. The third kappa shape index (κ3) is 6.34. The van der Waals surface area contributed by atoms with E-state index in [0.29, 0.717) is 0 Å². The number of amides is 6. The van der Waals surface area contributed by atoms with Crippen molar-refractivity contribution in [3.05, 3.63) is 24.3 Å². The van der Waals surface area contributed by atoms with Crippen LogP contribution in [0.5, 0.6) is 0 Å². The summed E-state index contributed by atoms with van der Waals surface area (Å²) in [5.41, 5.74) is 0. The molecule has 0 bridgehead atoms. The van der Waals surface area contributed by atoms with Gasteiger partial charge in [0.1, 0.15) is 0 Å². The molecule has 0 spiro atoms. The zero-order chi connectivity index (χ0) is 25.4. The summed E-state index contributed by atoms with van der Waals surface area (Å²) in [6.45, 7) is 1.99. The number of hydrogen-bond acceptors (Lipinski definition) is 10. The lowest BCUT2D eigenvalue weighted by Gasteiger charge is -2.30. The summed E-state index contributed by atoms with van der Waals surface area (Å²) in [7, 11) is 0. The minimum absolute atomic E-state index is 0.117. The second-order valence-electron chi connectivity index (χ2n) is 6.79. The van der Waals surface area contributed by atoms with Crippen LogP contribution < -0.4 is 0 Å². The lowest BCUT2D eigenvalue weighted by Crippen LogP contribution is -2.52. The number of carbonyl (C=O) groups is 8. The third-order valence-electron chi connectivity index (χ3n) is 4.45. The number of nitrogens with zero attached hydrogens (tertiary/aromatic N) is 4. The molecule has 0 aromatic rings. The fraction of sp³-hybridized carbons (Fsp3) is 0.400. The van der Waals surface area contributed by atoms with Gasteiger partial charge in [0.05, 0.1) is 12.8 Å². The van der Waals surface area contributed by atoms with Gasteiger partial charge >= 0.3 is 11.9 Å². The summed E-state index contributed by atoms with van der Waals surface area (Å²) < 4.78 is 0. The van der Waals surface area contributed by atoms with Gasteiger partial charge in [-0.25, -0.2) is 9.59 Å². The summed E-state index contributed by atoms with van der Waals surface area (Å²) in [6, 6.07) is 0. The molecule has 0 N–H and O–H groups in total. The molecule has 0 saturated carbocycles. The second-order valence-corrected chi connectivity index (χ2v) is 6.79. The molecular formula is C20H22N4O10. The molecular weight excluding hydrogens is 456 g/mol. The Kier molecular flexibility index (Phi) is 8.75. The van der Waals surface area contributed by atoms with Gasteiger partial charge in [-0.15, -0.1) is 0 Å². The summed E-state index contributed by atoms with van der Waals surface area (Å²) in [6.07, 6.45) is 2.43. The average Bonchev–Trinajstić information content (AvgIpc) is 3.31. The standard InChI is InChI=1S/C20H22N4O10/c1-3-19(31)33-23(17(29)9-11-21-13(25)5-6-14(21)26)24(34-20(32)4-2)18(30)10-12-22-15(27)7-8-16(22)28/h5-8H,3-4,9-12H2,1-2H3. The van der Waals surface area contributed by atoms with Crippen LogP contribution in [0.3, 0.4) is 0 Å². The van der Waals surface area contributed by atoms with Gasteiger partial charge in [-0.1, -0.05) is 13.8 Å². The van der Waals surface area contributed by atoms with Crippen LogP contribution in [0.2, 0.25) is 0 Å². The normalized spacial score (nSPS) is 14.6. The van der Waals surface area contributed by atoms with E-state index in [1.165, 1.54) is 13.8 Å². The SMILES string of the molecule is CCC(=O)ON(C(=O)CCN1C(=O)C=CC1=O)N(OC(=O)CC)C(=O)CCN1C(=O)C=CC1=O. The van der Waals surface area contributed by atoms with Crippen LogP contribution >= 0.6 is 0 Å². The van der Waals surface area contributed by atoms with E-state index in [4.69, 9.17) is 9.68 Å². The summed E-state index contributed by atoms with van der Waals surface area (Å²) >= 11 is 0. The van der Waals surface area contributed by atoms with Crippen LogP contribution in [0.25, 0.3) is 0 Å². The van der Waals surface area contributed by atoms with E-state index < -0.39 is 73.3 Å². The van der Waals surface area contributed by atoms with Crippen molar-refractivity contribution >= 4 is 47.4 Å². The maximum Gasteiger partial charge on any atom is 0.334 e. The second kappa shape index (κ2) is 11.5. The van der Waals surface area contributed by atoms with Crippen LogP contribution in [0, 0.1) is 0 Å². The molecule has 0 aromatic heterocycles. The molecule has 6 amide bonds. The van der Waals surface area contributed by atoms with Gasteiger partial charge in [0.15, 0.2) is 0 Å². The van der Waals surface area contributed by atoms with Gasteiger partial charge in [0.25, 0.3) is 35.4 Å². The number of imide groups is 2. The van der Waals surface area contributed by atoms with Gasteiger partial charge in [-0.3, -0.25) is 38.6 Å². The van der Waals surface area contributed by atoms with Crippen molar-refractivity contribution in [2.75, 3.05) is 13.1 Å². The lowest BCUT2D eigenvalue weighted by atomic mass is 10.3. The summed E-state index contributed by atoms with van der Waals surface area (Å²) in [5.74, 6) is -6.76. The molecule has 14 heteroatoms. The average molecular weight is 478 g/mol. The number of hydrazine groups is 1. The van der Waals surface area contributed by atoms with Crippen molar-refractivity contribution in [1.82, 2.24) is 20.1 Å². The molecule has 34 heavy (non-hydrogen) atoms. The Balaban J connectivity index is 2.20. The Labute approximate surface area is 193 Å². The van der Waals surface area contributed by atoms with Crippen molar-refractivity contribution < 1.29 is 48.0 Å². The number of rotatable bonds is 8. The minimum atomic E-state index is -1.10. The van der Waals surface area contributed by atoms with Gasteiger partial charge in [0, 0.05) is 50.2 Å². The molecule has 0 radical (unpaired) electrons. The molecule has 0 saturated heterocycles. The van der Waals surface area contributed by atoms with E-state index in [2.05, 4.69) is 0 Å². The highest BCUT2D eigenvalue weighted by Gasteiger charge is 2.35. The van der Waals surface area contributed by atoms with E-state index in [1.807, 2.05) is 0 Å². The largest absolute Gasteiger partial charge is 0.334 e. The molecule has 182 valence electrons. The zero-order valence-corrected chi connectivity index (χ0v) is 18.4. The van der Waals surface area contributed by atoms with Crippen molar-refractivity contribution in [2.24, 2.45) is 0 Å². The highest BCUT2D eigenvalue weighted by atomic mass is 16.9. The summed E-state index contributed by atoms with van der Waals surface area (Å²) in [4.78, 5) is 107. The molecule has 0 aliphatic carbocycles. The predicted octanol–water partition coefficient (Wildman–Crippen LogP) is -1.07. The maximum atomic E-state index is 12.8. The first-order valence-corrected chi connectivity index (χ1v) is 10.2. The Morgan fingerprint density at radius 2 is 0.941 bits per heavy atom. The smallest absolute Gasteiger partial charge is 0.315 e. The Bertz CT molecular complexity index is 872. The first-order chi connectivity index (χ1) is 16.1. The fourth-order valence-corrected chi connectivity index (χ4v) is 2.61. The molecule has 2 aliphatic heterocycles. The van der Waals surface area contributed by atoms with E-state index in [9.17, 15) is 38.4 Å². The Morgan fingerprint density at radius 1 is 0.647 bits per heavy atom. The van der Waals surface area contributed by atoms with Crippen LogP contribution in [0.15, 0.2) is 24.3 Å². The Morgan fingerprint density at radius 3 is 1.21 bits per heavy atom. The quantitative estimate of drug-likeness (QED) is 0.309. The molecule has 0 fully saturated rings.